The molecule has 0 aliphatic carbocycles. The van der Waals surface area contributed by atoms with Gasteiger partial charge in [0, 0.05) is 12.2 Å². The minimum absolute atomic E-state index is 0.474. The fourth-order valence-electron chi connectivity index (χ4n) is 1.38. The standard InChI is InChI=1S/C11H17N3O2/c1-16-10-5-3-9(4-6-10)14(11(13)15)8-2-7-12/h3-6H,2,7-8,12H2,1H3,(H2,13,15). The van der Waals surface area contributed by atoms with Crippen LogP contribution in [0.3, 0.4) is 0 Å². The fourth-order valence-corrected chi connectivity index (χ4v) is 1.38. The molecule has 0 spiro atoms. The lowest BCUT2D eigenvalue weighted by atomic mass is 10.2. The third kappa shape index (κ3) is 3.13. The first kappa shape index (κ1) is 12.3. The number of carbonyl (C=O) groups excluding carboxylic acids is 1. The predicted molar refractivity (Wildman–Crippen MR) is 63.6 cm³/mol. The van der Waals surface area contributed by atoms with Crippen molar-refractivity contribution in [3.05, 3.63) is 24.3 Å². The number of nitrogens with two attached hydrogens (primary N) is 2. The van der Waals surface area contributed by atoms with Crippen LogP contribution in [0.2, 0.25) is 0 Å². The van der Waals surface area contributed by atoms with E-state index in [1.54, 1.807) is 31.4 Å². The molecule has 0 aliphatic heterocycles. The summed E-state index contributed by atoms with van der Waals surface area (Å²) >= 11 is 0. The van der Waals surface area contributed by atoms with Crippen LogP contribution < -0.4 is 21.1 Å². The first-order valence-corrected chi connectivity index (χ1v) is 5.10. The number of nitrogens with zero attached hydrogens (tertiary/aromatic N) is 1. The third-order valence-corrected chi connectivity index (χ3v) is 2.24. The van der Waals surface area contributed by atoms with E-state index in [-0.39, 0.29) is 0 Å². The van der Waals surface area contributed by atoms with Crippen LogP contribution >= 0.6 is 0 Å². The normalized spacial score (nSPS) is 9.88. The average molecular weight is 223 g/mol. The lowest BCUT2D eigenvalue weighted by Gasteiger charge is -2.20. The second kappa shape index (κ2) is 5.97. The number of methoxy groups -OCH3 is 1. The van der Waals surface area contributed by atoms with Crippen molar-refractivity contribution < 1.29 is 9.53 Å². The molecule has 2 amide bonds. The highest BCUT2D eigenvalue weighted by atomic mass is 16.5. The Labute approximate surface area is 95.0 Å². The molecule has 0 unspecified atom stereocenters. The van der Waals surface area contributed by atoms with E-state index in [2.05, 4.69) is 0 Å². The summed E-state index contributed by atoms with van der Waals surface area (Å²) < 4.78 is 5.04. The van der Waals surface area contributed by atoms with Crippen molar-refractivity contribution in [2.24, 2.45) is 11.5 Å². The summed E-state index contributed by atoms with van der Waals surface area (Å²) in [7, 11) is 1.59. The molecular weight excluding hydrogens is 206 g/mol. The molecule has 1 aromatic carbocycles. The number of ether oxygens (including phenoxy) is 1. The molecule has 0 fully saturated rings. The maximum atomic E-state index is 11.2. The maximum absolute atomic E-state index is 11.2. The number of anilines is 1. The molecule has 0 radical (unpaired) electrons. The summed E-state index contributed by atoms with van der Waals surface area (Å²) in [5, 5.41) is 0. The van der Waals surface area contributed by atoms with Gasteiger partial charge in [-0.05, 0) is 37.2 Å². The molecule has 0 aliphatic rings. The summed E-state index contributed by atoms with van der Waals surface area (Å²) in [5.74, 6) is 0.743. The quantitative estimate of drug-likeness (QED) is 0.779. The van der Waals surface area contributed by atoms with E-state index < -0.39 is 6.03 Å². The second-order valence-electron chi connectivity index (χ2n) is 3.33. The van der Waals surface area contributed by atoms with Crippen LogP contribution in [-0.2, 0) is 0 Å². The molecule has 0 bridgehead atoms. The van der Waals surface area contributed by atoms with E-state index >= 15 is 0 Å². The zero-order chi connectivity index (χ0) is 12.0. The van der Waals surface area contributed by atoms with Crippen molar-refractivity contribution in [1.29, 1.82) is 0 Å². The van der Waals surface area contributed by atoms with E-state index in [1.807, 2.05) is 0 Å². The second-order valence-corrected chi connectivity index (χ2v) is 3.33. The van der Waals surface area contributed by atoms with Crippen molar-refractivity contribution in [2.45, 2.75) is 6.42 Å². The number of rotatable bonds is 5. The Balaban J connectivity index is 2.79. The lowest BCUT2D eigenvalue weighted by Crippen LogP contribution is -2.37. The van der Waals surface area contributed by atoms with Crippen LogP contribution in [0.1, 0.15) is 6.42 Å². The minimum Gasteiger partial charge on any atom is -0.497 e. The van der Waals surface area contributed by atoms with Gasteiger partial charge >= 0.3 is 6.03 Å². The molecule has 88 valence electrons. The largest absolute Gasteiger partial charge is 0.497 e. The number of hydrogen-bond acceptors (Lipinski definition) is 3. The molecule has 4 N–H and O–H groups in total. The molecule has 0 saturated carbocycles. The van der Waals surface area contributed by atoms with Gasteiger partial charge in [-0.25, -0.2) is 4.79 Å². The molecule has 16 heavy (non-hydrogen) atoms. The number of benzene rings is 1. The summed E-state index contributed by atoms with van der Waals surface area (Å²) in [4.78, 5) is 12.7. The molecule has 0 aromatic heterocycles. The number of primary amides is 1. The average Bonchev–Trinajstić information content (AvgIpc) is 2.30. The number of amides is 2. The Kier molecular flexibility index (Phi) is 4.60. The van der Waals surface area contributed by atoms with Crippen LogP contribution in [0.15, 0.2) is 24.3 Å². The smallest absolute Gasteiger partial charge is 0.319 e. The van der Waals surface area contributed by atoms with Crippen LogP contribution in [0, 0.1) is 0 Å². The number of hydrogen-bond donors (Lipinski definition) is 2. The molecular formula is C11H17N3O2. The van der Waals surface area contributed by atoms with E-state index in [1.165, 1.54) is 4.90 Å². The van der Waals surface area contributed by atoms with Gasteiger partial charge in [0.1, 0.15) is 5.75 Å². The zero-order valence-electron chi connectivity index (χ0n) is 9.35. The molecule has 5 nitrogen and oxygen atoms in total. The first-order chi connectivity index (χ1) is 7.69. The van der Waals surface area contributed by atoms with E-state index in [0.29, 0.717) is 13.1 Å². The van der Waals surface area contributed by atoms with Gasteiger partial charge in [0.25, 0.3) is 0 Å². The molecule has 0 saturated heterocycles. The summed E-state index contributed by atoms with van der Waals surface area (Å²) in [6.07, 6.45) is 0.717. The highest BCUT2D eigenvalue weighted by molar-refractivity contribution is 5.90. The molecule has 1 rings (SSSR count). The topological polar surface area (TPSA) is 81.6 Å². The van der Waals surface area contributed by atoms with Crippen molar-refractivity contribution in [1.82, 2.24) is 0 Å². The monoisotopic (exact) mass is 223 g/mol. The van der Waals surface area contributed by atoms with Gasteiger partial charge in [-0.2, -0.15) is 0 Å². The molecule has 0 heterocycles. The van der Waals surface area contributed by atoms with Crippen molar-refractivity contribution in [3.8, 4) is 5.75 Å². The Morgan fingerprint density at radius 3 is 2.44 bits per heavy atom. The molecule has 5 heteroatoms. The Morgan fingerprint density at radius 2 is 2.00 bits per heavy atom. The summed E-state index contributed by atoms with van der Waals surface area (Å²) in [6, 6.07) is 6.68. The van der Waals surface area contributed by atoms with Gasteiger partial charge in [0.05, 0.1) is 7.11 Å². The van der Waals surface area contributed by atoms with E-state index in [9.17, 15) is 4.79 Å². The third-order valence-electron chi connectivity index (χ3n) is 2.24. The Morgan fingerprint density at radius 1 is 1.38 bits per heavy atom. The highest BCUT2D eigenvalue weighted by Gasteiger charge is 2.11. The van der Waals surface area contributed by atoms with Crippen molar-refractivity contribution in [2.75, 3.05) is 25.1 Å². The Hall–Kier alpha value is -1.75. The highest BCUT2D eigenvalue weighted by Crippen LogP contribution is 2.19. The van der Waals surface area contributed by atoms with Crippen LogP contribution in [0.25, 0.3) is 0 Å². The Bertz CT molecular complexity index is 338. The van der Waals surface area contributed by atoms with Crippen LogP contribution in [0.5, 0.6) is 5.75 Å². The van der Waals surface area contributed by atoms with Crippen molar-refractivity contribution >= 4 is 11.7 Å². The summed E-state index contributed by atoms with van der Waals surface area (Å²) in [6.45, 7) is 1.05. The van der Waals surface area contributed by atoms with Gasteiger partial charge in [-0.3, -0.25) is 4.90 Å². The van der Waals surface area contributed by atoms with Crippen molar-refractivity contribution in [3.63, 3.8) is 0 Å². The predicted octanol–water partition coefficient (Wildman–Crippen LogP) is 0.929. The molecule has 1 aromatic rings. The first-order valence-electron chi connectivity index (χ1n) is 5.10. The summed E-state index contributed by atoms with van der Waals surface area (Å²) in [5.41, 5.74) is 11.4. The van der Waals surface area contributed by atoms with E-state index in [0.717, 1.165) is 17.9 Å². The number of carbonyl (C=O) groups is 1. The van der Waals surface area contributed by atoms with Gasteiger partial charge < -0.3 is 16.2 Å². The minimum atomic E-state index is -0.474. The van der Waals surface area contributed by atoms with Gasteiger partial charge in [0.15, 0.2) is 0 Å². The van der Waals surface area contributed by atoms with Crippen LogP contribution in [-0.4, -0.2) is 26.2 Å². The SMILES string of the molecule is COc1ccc(N(CCCN)C(N)=O)cc1. The number of urea groups is 1. The zero-order valence-corrected chi connectivity index (χ0v) is 9.35. The van der Waals surface area contributed by atoms with Crippen LogP contribution in [0.4, 0.5) is 10.5 Å². The molecule has 0 atom stereocenters. The van der Waals surface area contributed by atoms with Gasteiger partial charge in [-0.1, -0.05) is 0 Å². The van der Waals surface area contributed by atoms with E-state index in [4.69, 9.17) is 16.2 Å². The fraction of sp³-hybridized carbons (Fsp3) is 0.364. The lowest BCUT2D eigenvalue weighted by molar-refractivity contribution is 0.254. The van der Waals surface area contributed by atoms with Gasteiger partial charge in [-0.15, -0.1) is 0 Å². The maximum Gasteiger partial charge on any atom is 0.319 e. The van der Waals surface area contributed by atoms with Gasteiger partial charge in [0.2, 0.25) is 0 Å².